The quantitative estimate of drug-likeness (QED) is 0.722. The molecule has 0 rings (SSSR count). The average molecular weight is 218 g/mol. The van der Waals surface area contributed by atoms with Crippen molar-refractivity contribution in [2.75, 3.05) is 19.6 Å². The molecule has 2 N–H and O–H groups in total. The van der Waals surface area contributed by atoms with E-state index in [1.165, 1.54) is 40.4 Å². The van der Waals surface area contributed by atoms with E-state index >= 15 is 0 Å². The molecule has 0 aliphatic heterocycles. The van der Waals surface area contributed by atoms with Crippen molar-refractivity contribution < 1.29 is 10.3 Å². The molecule has 0 aromatic heterocycles. The van der Waals surface area contributed by atoms with Gasteiger partial charge in [0.1, 0.15) is 5.78 Å². The highest BCUT2D eigenvalue weighted by Gasteiger charge is 1.89. The molecule has 0 aromatic carbocycles. The van der Waals surface area contributed by atoms with E-state index in [1.807, 2.05) is 0 Å². The monoisotopic (exact) mass is 218 g/mol. The number of ketones is 1. The molecule has 0 heterocycles. The van der Waals surface area contributed by atoms with Crippen LogP contribution in [0.4, 0.5) is 0 Å². The maximum absolute atomic E-state index is 9.44. The van der Waals surface area contributed by atoms with Gasteiger partial charge in [-0.3, -0.25) is 0 Å². The lowest BCUT2D eigenvalue weighted by Gasteiger charge is -2.13. The van der Waals surface area contributed by atoms with Crippen LogP contribution in [0.25, 0.3) is 0 Å². The lowest BCUT2D eigenvalue weighted by molar-refractivity contribution is -0.114. The summed E-state index contributed by atoms with van der Waals surface area (Å²) in [6, 6.07) is 1.75. The van der Waals surface area contributed by atoms with Crippen molar-refractivity contribution in [2.45, 2.75) is 41.5 Å². The molecule has 0 atom stereocenters. The van der Waals surface area contributed by atoms with Crippen LogP contribution in [0.3, 0.4) is 0 Å². The molecule has 4 heteroatoms. The van der Waals surface area contributed by atoms with E-state index in [-0.39, 0.29) is 11.3 Å². The van der Waals surface area contributed by atoms with Crippen molar-refractivity contribution in [1.29, 1.82) is 5.26 Å². The van der Waals surface area contributed by atoms with Crippen LogP contribution in [-0.2, 0) is 4.79 Å². The van der Waals surface area contributed by atoms with Gasteiger partial charge in [-0.05, 0) is 33.5 Å². The molecule has 0 saturated heterocycles. The van der Waals surface area contributed by atoms with Crippen LogP contribution in [0.15, 0.2) is 0 Å². The van der Waals surface area contributed by atoms with E-state index in [2.05, 4.69) is 25.7 Å². The first-order valence-corrected chi connectivity index (χ1v) is 5.00. The lowest BCUT2D eigenvalue weighted by atomic mass is 10.5. The average Bonchev–Trinajstić information content (AvgIpc) is 2.08. The van der Waals surface area contributed by atoms with Gasteiger partial charge in [0.25, 0.3) is 0 Å². The van der Waals surface area contributed by atoms with Crippen molar-refractivity contribution in [1.82, 2.24) is 4.90 Å². The van der Waals surface area contributed by atoms with Crippen molar-refractivity contribution in [3.8, 4) is 6.07 Å². The number of nitrogens with zero attached hydrogens (tertiary/aromatic N) is 2. The molecule has 0 spiro atoms. The zero-order valence-corrected chi connectivity index (χ0v) is 10.9. The Balaban J connectivity index is -0.0000000654. The van der Waals surface area contributed by atoms with Gasteiger partial charge in [-0.1, -0.05) is 20.8 Å². The summed E-state index contributed by atoms with van der Waals surface area (Å²) in [6.45, 7) is 14.6. The van der Waals surface area contributed by atoms with Crippen LogP contribution in [0.2, 0.25) is 0 Å². The zero-order valence-electron chi connectivity index (χ0n) is 10.9. The molecule has 15 heavy (non-hydrogen) atoms. The van der Waals surface area contributed by atoms with Crippen LogP contribution in [0.5, 0.6) is 0 Å². The molecule has 0 bridgehead atoms. The fraction of sp³-hybridized carbons (Fsp3) is 0.818. The molecule has 0 radical (unpaired) electrons. The van der Waals surface area contributed by atoms with E-state index in [1.54, 1.807) is 6.07 Å². The summed E-state index contributed by atoms with van der Waals surface area (Å²) >= 11 is 0. The number of carbonyl (C=O) groups is 1. The molecule has 0 amide bonds. The van der Waals surface area contributed by atoms with Crippen LogP contribution < -0.4 is 0 Å². The van der Waals surface area contributed by atoms with Crippen molar-refractivity contribution in [2.24, 2.45) is 0 Å². The Morgan fingerprint density at radius 2 is 1.27 bits per heavy atom. The minimum atomic E-state index is 0. The van der Waals surface area contributed by atoms with Gasteiger partial charge in [0.2, 0.25) is 0 Å². The summed E-state index contributed by atoms with van der Waals surface area (Å²) in [5.41, 5.74) is 0. The van der Waals surface area contributed by atoms with Gasteiger partial charge in [0, 0.05) is 6.92 Å². The molecule has 0 aliphatic rings. The number of rotatable bonds is 3. The van der Waals surface area contributed by atoms with Gasteiger partial charge in [-0.15, -0.1) is 0 Å². The highest BCUT2D eigenvalue weighted by molar-refractivity contribution is 5.72. The Kier molecular flexibility index (Phi) is 36.6. The first-order valence-electron chi connectivity index (χ1n) is 5.00. The van der Waals surface area contributed by atoms with Gasteiger partial charge in [-0.2, -0.15) is 5.26 Å². The third-order valence-corrected chi connectivity index (χ3v) is 1.34. The SMILES string of the molecule is CC#N.CC(C)=O.CCN(CC)CC.O. The molecule has 0 saturated carbocycles. The number of Topliss-reactive ketones (excluding diaryl/α,β-unsaturated/α-hetero) is 1. The molecule has 0 fully saturated rings. The second-order valence-corrected chi connectivity index (χ2v) is 2.75. The molecular formula is C11H26N2O2. The Bertz CT molecular complexity index is 140. The Morgan fingerprint density at radius 1 is 1.13 bits per heavy atom. The Hall–Kier alpha value is -0.920. The summed E-state index contributed by atoms with van der Waals surface area (Å²) in [5.74, 6) is 0.167. The smallest absolute Gasteiger partial charge is 0.126 e. The maximum atomic E-state index is 9.44. The fourth-order valence-corrected chi connectivity index (χ4v) is 0.671. The van der Waals surface area contributed by atoms with Crippen molar-refractivity contribution >= 4 is 5.78 Å². The zero-order chi connectivity index (χ0) is 12.0. The third-order valence-electron chi connectivity index (χ3n) is 1.34. The molecule has 92 valence electrons. The van der Waals surface area contributed by atoms with Crippen LogP contribution in [-0.4, -0.2) is 35.8 Å². The van der Waals surface area contributed by atoms with Crippen molar-refractivity contribution in [3.63, 3.8) is 0 Å². The van der Waals surface area contributed by atoms with E-state index in [0.717, 1.165) is 0 Å². The first kappa shape index (κ1) is 23.7. The Morgan fingerprint density at radius 3 is 1.27 bits per heavy atom. The van der Waals surface area contributed by atoms with Crippen LogP contribution >= 0.6 is 0 Å². The van der Waals surface area contributed by atoms with E-state index in [0.29, 0.717) is 0 Å². The largest absolute Gasteiger partial charge is 0.412 e. The summed E-state index contributed by atoms with van der Waals surface area (Å²) in [7, 11) is 0. The molecular weight excluding hydrogens is 192 g/mol. The molecule has 0 aliphatic carbocycles. The molecule has 0 aromatic rings. The predicted molar refractivity (Wildman–Crippen MR) is 64.7 cm³/mol. The summed E-state index contributed by atoms with van der Waals surface area (Å²) in [4.78, 5) is 11.8. The summed E-state index contributed by atoms with van der Waals surface area (Å²) in [6.07, 6.45) is 0. The number of nitriles is 1. The summed E-state index contributed by atoms with van der Waals surface area (Å²) in [5, 5.41) is 7.32. The fourth-order valence-electron chi connectivity index (χ4n) is 0.671. The van der Waals surface area contributed by atoms with E-state index in [9.17, 15) is 4.79 Å². The van der Waals surface area contributed by atoms with Gasteiger partial charge in [0.15, 0.2) is 0 Å². The lowest BCUT2D eigenvalue weighted by Crippen LogP contribution is -2.21. The van der Waals surface area contributed by atoms with Crippen LogP contribution in [0.1, 0.15) is 41.5 Å². The van der Waals surface area contributed by atoms with Crippen LogP contribution in [0, 0.1) is 11.3 Å². The van der Waals surface area contributed by atoms with Gasteiger partial charge in [0.05, 0.1) is 6.07 Å². The second-order valence-electron chi connectivity index (χ2n) is 2.75. The highest BCUT2D eigenvalue weighted by Crippen LogP contribution is 1.81. The molecule has 4 nitrogen and oxygen atoms in total. The number of hydrogen-bond acceptors (Lipinski definition) is 3. The van der Waals surface area contributed by atoms with E-state index < -0.39 is 0 Å². The predicted octanol–water partition coefficient (Wildman–Crippen LogP) is 1.65. The standard InChI is InChI=1S/C6H15N.C3H6O.C2H3N.H2O/c1-4-7(5-2)6-3;1-3(2)4;1-2-3;/h4-6H2,1-3H3;1-2H3;1H3;1H2. The number of carbonyl (C=O) groups excluding carboxylic acids is 1. The van der Waals surface area contributed by atoms with Gasteiger partial charge >= 0.3 is 0 Å². The van der Waals surface area contributed by atoms with Gasteiger partial charge < -0.3 is 15.2 Å². The van der Waals surface area contributed by atoms with Crippen molar-refractivity contribution in [3.05, 3.63) is 0 Å². The topological polar surface area (TPSA) is 75.6 Å². The molecule has 0 unspecified atom stereocenters. The maximum Gasteiger partial charge on any atom is 0.126 e. The minimum Gasteiger partial charge on any atom is -0.412 e. The normalized spacial score (nSPS) is 7.07. The highest BCUT2D eigenvalue weighted by atomic mass is 16.1. The Labute approximate surface area is 94.2 Å². The number of hydrogen-bond donors (Lipinski definition) is 0. The summed E-state index contributed by atoms with van der Waals surface area (Å²) < 4.78 is 0. The second kappa shape index (κ2) is 23.2. The first-order chi connectivity index (χ1) is 6.49. The van der Waals surface area contributed by atoms with Gasteiger partial charge in [-0.25, -0.2) is 0 Å². The van der Waals surface area contributed by atoms with E-state index in [4.69, 9.17) is 5.26 Å². The minimum absolute atomic E-state index is 0. The third kappa shape index (κ3) is 62.2.